The molecule has 4 rings (SSSR count). The zero-order valence-corrected chi connectivity index (χ0v) is 18.6. The van der Waals surface area contributed by atoms with Crippen LogP contribution in [0.4, 0.5) is 14.6 Å². The largest absolute Gasteiger partial charge is 0.486 e. The topological polar surface area (TPSA) is 82.2 Å². The van der Waals surface area contributed by atoms with Gasteiger partial charge in [-0.05, 0) is 36.8 Å². The third kappa shape index (κ3) is 5.32. The molecule has 0 saturated carbocycles. The molecule has 0 fully saturated rings. The van der Waals surface area contributed by atoms with Crippen molar-refractivity contribution < 1.29 is 22.8 Å². The Kier molecular flexibility index (Phi) is 6.62. The van der Waals surface area contributed by atoms with E-state index in [0.717, 1.165) is 17.7 Å². The van der Waals surface area contributed by atoms with Crippen molar-refractivity contribution in [2.24, 2.45) is 0 Å². The molecule has 0 unspecified atom stereocenters. The number of carbonyl (C=O) groups is 1. The van der Waals surface area contributed by atoms with Crippen LogP contribution in [-0.2, 0) is 13.2 Å². The Labute approximate surface area is 196 Å². The summed E-state index contributed by atoms with van der Waals surface area (Å²) < 4.78 is 39.0. The zero-order chi connectivity index (χ0) is 23.5. The van der Waals surface area contributed by atoms with Gasteiger partial charge in [0.15, 0.2) is 23.1 Å². The number of anilines is 1. The molecule has 0 atom stereocenters. The van der Waals surface area contributed by atoms with Crippen LogP contribution in [0.1, 0.15) is 27.4 Å². The van der Waals surface area contributed by atoms with E-state index in [0.29, 0.717) is 34.0 Å². The molecule has 0 aliphatic rings. The average molecular weight is 493 g/mol. The maximum Gasteiger partial charge on any atom is 0.279 e. The number of halogens is 4. The van der Waals surface area contributed by atoms with Gasteiger partial charge in [0.1, 0.15) is 18.2 Å². The summed E-state index contributed by atoms with van der Waals surface area (Å²) in [7, 11) is 0. The molecular formula is C22H16Cl2F2N4O3. The third-order valence-corrected chi connectivity index (χ3v) is 5.42. The van der Waals surface area contributed by atoms with Gasteiger partial charge in [-0.15, -0.1) is 0 Å². The lowest BCUT2D eigenvalue weighted by Gasteiger charge is -2.08. The summed E-state index contributed by atoms with van der Waals surface area (Å²) in [6, 6.07) is 9.80. The normalized spacial score (nSPS) is 10.9. The molecule has 0 aliphatic heterocycles. The van der Waals surface area contributed by atoms with Crippen LogP contribution in [0.5, 0.6) is 5.75 Å². The van der Waals surface area contributed by atoms with Gasteiger partial charge in [0.25, 0.3) is 5.91 Å². The summed E-state index contributed by atoms with van der Waals surface area (Å²) in [6.07, 6.45) is 1.69. The summed E-state index contributed by atoms with van der Waals surface area (Å²) in [4.78, 5) is 12.7. The first kappa shape index (κ1) is 22.8. The van der Waals surface area contributed by atoms with E-state index < -0.39 is 17.5 Å². The molecule has 2 aromatic carbocycles. The van der Waals surface area contributed by atoms with Crippen LogP contribution in [0, 0.1) is 18.6 Å². The van der Waals surface area contributed by atoms with E-state index in [1.165, 1.54) is 0 Å². The number of hydrogen-bond acceptors (Lipinski definition) is 5. The molecule has 0 bridgehead atoms. The highest BCUT2D eigenvalue weighted by molar-refractivity contribution is 6.42. The van der Waals surface area contributed by atoms with Gasteiger partial charge in [0.05, 0.1) is 22.2 Å². The lowest BCUT2D eigenvalue weighted by atomic mass is 10.2. The standard InChI is InChI=1S/C22H16Cl2F2N4O3/c1-12-15(11-32-19-5-3-14(25)9-18(19)26)21(29-33-12)22(31)27-20-6-7-30(28-20)10-13-2-4-16(23)17(24)8-13/h2-9H,10-11H2,1H3,(H,27,28,31). The lowest BCUT2D eigenvalue weighted by Crippen LogP contribution is -2.16. The number of rotatable bonds is 7. The molecule has 0 saturated heterocycles. The van der Waals surface area contributed by atoms with E-state index in [9.17, 15) is 13.6 Å². The predicted octanol–water partition coefficient (Wildman–Crippen LogP) is 5.64. The van der Waals surface area contributed by atoms with Crippen LogP contribution in [-0.4, -0.2) is 20.8 Å². The minimum Gasteiger partial charge on any atom is -0.486 e. The van der Waals surface area contributed by atoms with Crippen LogP contribution in [0.3, 0.4) is 0 Å². The van der Waals surface area contributed by atoms with Crippen molar-refractivity contribution in [3.63, 3.8) is 0 Å². The Hall–Kier alpha value is -3.43. The molecule has 1 amide bonds. The minimum absolute atomic E-state index is 0.0333. The van der Waals surface area contributed by atoms with E-state index in [4.69, 9.17) is 32.5 Å². The summed E-state index contributed by atoms with van der Waals surface area (Å²) in [5.41, 5.74) is 1.17. The molecule has 1 N–H and O–H groups in total. The molecule has 7 nitrogen and oxygen atoms in total. The highest BCUT2D eigenvalue weighted by Crippen LogP contribution is 2.24. The lowest BCUT2D eigenvalue weighted by molar-refractivity contribution is 0.101. The number of hydrogen-bond donors (Lipinski definition) is 1. The van der Waals surface area contributed by atoms with E-state index in [-0.39, 0.29) is 23.9 Å². The fourth-order valence-corrected chi connectivity index (χ4v) is 3.32. The Morgan fingerprint density at radius 1 is 1.15 bits per heavy atom. The number of benzene rings is 2. The fraction of sp³-hybridized carbons (Fsp3) is 0.136. The quantitative estimate of drug-likeness (QED) is 0.360. The fourth-order valence-electron chi connectivity index (χ4n) is 3.00. The number of amides is 1. The molecule has 0 radical (unpaired) electrons. The van der Waals surface area contributed by atoms with Gasteiger partial charge >= 0.3 is 0 Å². The first-order chi connectivity index (χ1) is 15.8. The maximum absolute atomic E-state index is 13.8. The van der Waals surface area contributed by atoms with Crippen molar-refractivity contribution >= 4 is 34.9 Å². The molecule has 11 heteroatoms. The van der Waals surface area contributed by atoms with Crippen molar-refractivity contribution in [2.75, 3.05) is 5.32 Å². The summed E-state index contributed by atoms with van der Waals surface area (Å²) in [6.45, 7) is 1.81. The summed E-state index contributed by atoms with van der Waals surface area (Å²) >= 11 is 12.0. The number of carbonyl (C=O) groups excluding carboxylic acids is 1. The van der Waals surface area contributed by atoms with Crippen molar-refractivity contribution in [1.29, 1.82) is 0 Å². The van der Waals surface area contributed by atoms with Crippen molar-refractivity contribution in [2.45, 2.75) is 20.1 Å². The van der Waals surface area contributed by atoms with Gasteiger partial charge < -0.3 is 14.6 Å². The van der Waals surface area contributed by atoms with Crippen molar-refractivity contribution in [1.82, 2.24) is 14.9 Å². The first-order valence-corrected chi connectivity index (χ1v) is 10.4. The monoisotopic (exact) mass is 492 g/mol. The molecule has 2 aromatic heterocycles. The molecule has 33 heavy (non-hydrogen) atoms. The maximum atomic E-state index is 13.8. The van der Waals surface area contributed by atoms with Gasteiger partial charge in [0, 0.05) is 18.3 Å². The summed E-state index contributed by atoms with van der Waals surface area (Å²) in [5, 5.41) is 11.6. The van der Waals surface area contributed by atoms with Crippen LogP contribution in [0.15, 0.2) is 53.2 Å². The second-order valence-electron chi connectivity index (χ2n) is 7.03. The third-order valence-electron chi connectivity index (χ3n) is 4.68. The van der Waals surface area contributed by atoms with Crippen LogP contribution in [0.25, 0.3) is 0 Å². The van der Waals surface area contributed by atoms with Gasteiger partial charge in [-0.3, -0.25) is 9.48 Å². The van der Waals surface area contributed by atoms with Gasteiger partial charge in [-0.2, -0.15) is 5.10 Å². The predicted molar refractivity (Wildman–Crippen MR) is 118 cm³/mol. The van der Waals surface area contributed by atoms with Crippen LogP contribution < -0.4 is 10.1 Å². The second-order valence-corrected chi connectivity index (χ2v) is 7.84. The van der Waals surface area contributed by atoms with E-state index >= 15 is 0 Å². The van der Waals surface area contributed by atoms with E-state index in [1.807, 2.05) is 6.07 Å². The highest BCUT2D eigenvalue weighted by Gasteiger charge is 2.22. The molecular weight excluding hydrogens is 477 g/mol. The second kappa shape index (κ2) is 9.60. The molecule has 0 aliphatic carbocycles. The average Bonchev–Trinajstić information content (AvgIpc) is 3.36. The number of nitrogens with one attached hydrogen (secondary N) is 1. The molecule has 4 aromatic rings. The Morgan fingerprint density at radius 2 is 1.97 bits per heavy atom. The van der Waals surface area contributed by atoms with Gasteiger partial charge in [-0.25, -0.2) is 8.78 Å². The summed E-state index contributed by atoms with van der Waals surface area (Å²) in [5.74, 6) is -1.71. The molecule has 2 heterocycles. The van der Waals surface area contributed by atoms with E-state index in [1.54, 1.807) is 36.0 Å². The Morgan fingerprint density at radius 3 is 2.73 bits per heavy atom. The first-order valence-electron chi connectivity index (χ1n) is 9.62. The zero-order valence-electron chi connectivity index (χ0n) is 17.1. The number of ether oxygens (including phenoxy) is 1. The van der Waals surface area contributed by atoms with Gasteiger partial charge in [-0.1, -0.05) is 34.4 Å². The van der Waals surface area contributed by atoms with E-state index in [2.05, 4.69) is 15.6 Å². The highest BCUT2D eigenvalue weighted by atomic mass is 35.5. The van der Waals surface area contributed by atoms with Gasteiger partial charge in [0.2, 0.25) is 0 Å². The number of aromatic nitrogens is 3. The minimum atomic E-state index is -0.859. The number of aryl methyl sites for hydroxylation is 1. The van der Waals surface area contributed by atoms with Crippen LogP contribution in [0.2, 0.25) is 10.0 Å². The Balaban J connectivity index is 1.43. The molecule has 0 spiro atoms. The number of nitrogens with zero attached hydrogens (tertiary/aromatic N) is 3. The van der Waals surface area contributed by atoms with Crippen molar-refractivity contribution in [3.05, 3.63) is 92.9 Å². The SMILES string of the molecule is Cc1onc(C(=O)Nc2ccn(Cc3ccc(Cl)c(Cl)c3)n2)c1COc1ccc(F)cc1F. The smallest absolute Gasteiger partial charge is 0.279 e. The Bertz CT molecular complexity index is 1320. The van der Waals surface area contributed by atoms with Crippen LogP contribution >= 0.6 is 23.2 Å². The van der Waals surface area contributed by atoms with Crippen molar-refractivity contribution in [3.8, 4) is 5.75 Å². The molecule has 170 valence electrons.